The molecule has 102 valence electrons. The molecule has 1 aliphatic rings. The fraction of sp³-hybridized carbons (Fsp3) is 0.429. The molecule has 19 heavy (non-hydrogen) atoms. The van der Waals surface area contributed by atoms with Crippen LogP contribution in [-0.4, -0.2) is 31.1 Å². The minimum absolute atomic E-state index is 0.266. The summed E-state index contributed by atoms with van der Waals surface area (Å²) in [4.78, 5) is 21.9. The molecule has 0 bridgehead atoms. The van der Waals surface area contributed by atoms with Crippen LogP contribution in [0.2, 0.25) is 0 Å². The Bertz CT molecular complexity index is 491. The van der Waals surface area contributed by atoms with Crippen molar-refractivity contribution in [3.63, 3.8) is 0 Å². The van der Waals surface area contributed by atoms with Gasteiger partial charge in [0.2, 0.25) is 0 Å². The summed E-state index contributed by atoms with van der Waals surface area (Å²) in [5, 5.41) is 8.91. The van der Waals surface area contributed by atoms with Gasteiger partial charge in [-0.15, -0.1) is 0 Å². The maximum atomic E-state index is 11.0. The molecule has 5 heteroatoms. The van der Waals surface area contributed by atoms with Crippen molar-refractivity contribution in [3.05, 3.63) is 23.3 Å². The number of carbonyl (C=O) groups excluding carboxylic acids is 1. The summed E-state index contributed by atoms with van der Waals surface area (Å²) in [6.07, 6.45) is 2.69. The van der Waals surface area contributed by atoms with Gasteiger partial charge in [-0.05, 0) is 30.9 Å². The van der Waals surface area contributed by atoms with Crippen molar-refractivity contribution in [1.29, 1.82) is 0 Å². The second-order valence-corrected chi connectivity index (χ2v) is 4.61. The molecule has 1 aromatic carbocycles. The third-order valence-corrected chi connectivity index (χ3v) is 3.09. The molecule has 1 fully saturated rings. The molecule has 5 nitrogen and oxygen atoms in total. The van der Waals surface area contributed by atoms with Gasteiger partial charge in [0.05, 0.1) is 20.1 Å². The average Bonchev–Trinajstić information content (AvgIpc) is 3.19. The van der Waals surface area contributed by atoms with Crippen molar-refractivity contribution in [3.8, 4) is 11.5 Å². The van der Waals surface area contributed by atoms with Crippen molar-refractivity contribution in [2.24, 2.45) is 5.92 Å². The number of aldehydes is 1. The molecule has 0 spiro atoms. The highest BCUT2D eigenvalue weighted by Gasteiger charge is 2.24. The van der Waals surface area contributed by atoms with Gasteiger partial charge in [-0.1, -0.05) is 0 Å². The maximum Gasteiger partial charge on any atom is 0.307 e. The molecule has 0 amide bonds. The number of carbonyl (C=O) groups is 2. The molecule has 2 rings (SSSR count). The van der Waals surface area contributed by atoms with E-state index in [2.05, 4.69) is 0 Å². The number of aliphatic carboxylic acids is 1. The van der Waals surface area contributed by atoms with Crippen LogP contribution in [-0.2, 0) is 11.2 Å². The largest absolute Gasteiger partial charge is 0.493 e. The summed E-state index contributed by atoms with van der Waals surface area (Å²) in [5.41, 5.74) is 0.677. The number of benzene rings is 1. The van der Waals surface area contributed by atoms with E-state index in [9.17, 15) is 9.59 Å². The van der Waals surface area contributed by atoms with E-state index in [-0.39, 0.29) is 6.42 Å². The molecule has 0 aliphatic heterocycles. The molecular formula is C14H16O5. The van der Waals surface area contributed by atoms with E-state index < -0.39 is 5.97 Å². The van der Waals surface area contributed by atoms with Gasteiger partial charge in [0.1, 0.15) is 6.29 Å². The lowest BCUT2D eigenvalue weighted by Gasteiger charge is -2.15. The highest BCUT2D eigenvalue weighted by atomic mass is 16.5. The van der Waals surface area contributed by atoms with Crippen LogP contribution in [0.5, 0.6) is 11.5 Å². The van der Waals surface area contributed by atoms with Crippen molar-refractivity contribution < 1.29 is 24.2 Å². The summed E-state index contributed by atoms with van der Waals surface area (Å²) < 4.78 is 10.9. The molecule has 1 aliphatic carbocycles. The standard InChI is InChI=1S/C14H16O5/c1-18-14-11(6-13(16)17)10(7-15)4-5-12(14)19-8-9-2-3-9/h4-5,7,9H,2-3,6,8H2,1H3,(H,16,17). The Morgan fingerprint density at radius 2 is 2.21 bits per heavy atom. The van der Waals surface area contributed by atoms with E-state index in [0.717, 1.165) is 12.8 Å². The highest BCUT2D eigenvalue weighted by Crippen LogP contribution is 2.36. The molecule has 0 radical (unpaired) electrons. The van der Waals surface area contributed by atoms with Crippen LogP contribution >= 0.6 is 0 Å². The average molecular weight is 264 g/mol. The van der Waals surface area contributed by atoms with Gasteiger partial charge in [0, 0.05) is 11.1 Å². The number of hydrogen-bond acceptors (Lipinski definition) is 4. The fourth-order valence-corrected chi connectivity index (χ4v) is 1.90. The van der Waals surface area contributed by atoms with Crippen LogP contribution in [0.15, 0.2) is 12.1 Å². The fourth-order valence-electron chi connectivity index (χ4n) is 1.90. The molecule has 0 saturated heterocycles. The Morgan fingerprint density at radius 3 is 2.74 bits per heavy atom. The van der Waals surface area contributed by atoms with Crippen LogP contribution in [0, 0.1) is 5.92 Å². The summed E-state index contributed by atoms with van der Waals surface area (Å²) >= 11 is 0. The van der Waals surface area contributed by atoms with E-state index in [1.807, 2.05) is 0 Å². The molecule has 0 unspecified atom stereocenters. The third-order valence-electron chi connectivity index (χ3n) is 3.09. The number of methoxy groups -OCH3 is 1. The lowest BCUT2D eigenvalue weighted by molar-refractivity contribution is -0.136. The summed E-state index contributed by atoms with van der Waals surface area (Å²) in [7, 11) is 1.44. The Labute approximate surface area is 111 Å². The van der Waals surface area contributed by atoms with Crippen molar-refractivity contribution >= 4 is 12.3 Å². The smallest absolute Gasteiger partial charge is 0.307 e. The van der Waals surface area contributed by atoms with Gasteiger partial charge < -0.3 is 14.6 Å². The second kappa shape index (κ2) is 5.73. The van der Waals surface area contributed by atoms with Crippen LogP contribution in [0.25, 0.3) is 0 Å². The van der Waals surface area contributed by atoms with Crippen LogP contribution in [0.1, 0.15) is 28.8 Å². The third kappa shape index (κ3) is 3.24. The quantitative estimate of drug-likeness (QED) is 0.762. The number of carboxylic acid groups (broad SMARTS) is 1. The van der Waals surface area contributed by atoms with Crippen molar-refractivity contribution in [2.75, 3.05) is 13.7 Å². The van der Waals surface area contributed by atoms with E-state index >= 15 is 0 Å². The first kappa shape index (κ1) is 13.4. The van der Waals surface area contributed by atoms with Crippen LogP contribution < -0.4 is 9.47 Å². The lowest BCUT2D eigenvalue weighted by Crippen LogP contribution is -2.08. The van der Waals surface area contributed by atoms with E-state index in [4.69, 9.17) is 14.6 Å². The van der Waals surface area contributed by atoms with Gasteiger partial charge >= 0.3 is 5.97 Å². The summed E-state index contributed by atoms with van der Waals surface area (Å²) in [6.45, 7) is 0.601. The monoisotopic (exact) mass is 264 g/mol. The zero-order chi connectivity index (χ0) is 13.8. The highest BCUT2D eigenvalue weighted by molar-refractivity contribution is 5.84. The van der Waals surface area contributed by atoms with Gasteiger partial charge in [0.25, 0.3) is 0 Å². The Morgan fingerprint density at radius 1 is 1.47 bits per heavy atom. The topological polar surface area (TPSA) is 72.8 Å². The van der Waals surface area contributed by atoms with Gasteiger partial charge in [-0.3, -0.25) is 9.59 Å². The normalized spacial score (nSPS) is 13.9. The first-order chi connectivity index (χ1) is 9.15. The number of carboxylic acids is 1. The Hall–Kier alpha value is -2.04. The Balaban J connectivity index is 2.31. The van der Waals surface area contributed by atoms with Gasteiger partial charge in [-0.2, -0.15) is 0 Å². The zero-order valence-electron chi connectivity index (χ0n) is 10.7. The summed E-state index contributed by atoms with van der Waals surface area (Å²) in [5.74, 6) is 0.406. The first-order valence-corrected chi connectivity index (χ1v) is 6.15. The van der Waals surface area contributed by atoms with Crippen molar-refractivity contribution in [1.82, 2.24) is 0 Å². The second-order valence-electron chi connectivity index (χ2n) is 4.61. The SMILES string of the molecule is COc1c(OCC2CC2)ccc(C=O)c1CC(=O)O. The first-order valence-electron chi connectivity index (χ1n) is 6.15. The zero-order valence-corrected chi connectivity index (χ0v) is 10.7. The molecule has 0 aromatic heterocycles. The van der Waals surface area contributed by atoms with Crippen LogP contribution in [0.4, 0.5) is 0 Å². The number of rotatable bonds is 7. The van der Waals surface area contributed by atoms with E-state index in [0.29, 0.717) is 41.4 Å². The molecule has 0 atom stereocenters. The predicted molar refractivity (Wildman–Crippen MR) is 67.9 cm³/mol. The summed E-state index contributed by atoms with van der Waals surface area (Å²) in [6, 6.07) is 3.21. The molecule has 1 saturated carbocycles. The van der Waals surface area contributed by atoms with Gasteiger partial charge in [-0.25, -0.2) is 0 Å². The molecule has 1 N–H and O–H groups in total. The van der Waals surface area contributed by atoms with Crippen molar-refractivity contribution in [2.45, 2.75) is 19.3 Å². The lowest BCUT2D eigenvalue weighted by atomic mass is 10.0. The number of ether oxygens (including phenoxy) is 2. The molecule has 1 aromatic rings. The molecular weight excluding hydrogens is 248 g/mol. The minimum Gasteiger partial charge on any atom is -0.493 e. The van der Waals surface area contributed by atoms with E-state index in [1.54, 1.807) is 12.1 Å². The predicted octanol–water partition coefficient (Wildman–Crippen LogP) is 1.92. The van der Waals surface area contributed by atoms with Crippen LogP contribution in [0.3, 0.4) is 0 Å². The van der Waals surface area contributed by atoms with Gasteiger partial charge in [0.15, 0.2) is 11.5 Å². The minimum atomic E-state index is -1.01. The maximum absolute atomic E-state index is 11.0. The number of hydrogen-bond donors (Lipinski definition) is 1. The Kier molecular flexibility index (Phi) is 4.04. The molecule has 0 heterocycles. The van der Waals surface area contributed by atoms with E-state index in [1.165, 1.54) is 7.11 Å².